The topological polar surface area (TPSA) is 29.3 Å². The van der Waals surface area contributed by atoms with Gasteiger partial charge in [-0.1, -0.05) is 12.2 Å². The minimum atomic E-state index is 0.468. The Labute approximate surface area is 99.8 Å². The number of rotatable bonds is 2. The highest BCUT2D eigenvalue weighted by molar-refractivity contribution is 7.99. The molecule has 2 N–H and O–H groups in total. The fourth-order valence-electron chi connectivity index (χ4n) is 1.66. The lowest BCUT2D eigenvalue weighted by Crippen LogP contribution is -2.32. The van der Waals surface area contributed by atoms with Gasteiger partial charge in [-0.2, -0.15) is 11.8 Å². The summed E-state index contributed by atoms with van der Waals surface area (Å²) in [5.74, 6) is 2.44. The number of thiocarbonyl (C=S) groups is 1. The van der Waals surface area contributed by atoms with E-state index < -0.39 is 0 Å². The highest BCUT2D eigenvalue weighted by Gasteiger charge is 2.10. The summed E-state index contributed by atoms with van der Waals surface area (Å²) in [4.78, 5) is 2.87. The lowest BCUT2D eigenvalue weighted by Gasteiger charge is -2.28. The molecule has 15 heavy (non-hydrogen) atoms. The molecule has 0 unspecified atom stereocenters. The number of nitrogens with two attached hydrogens (primary N) is 1. The van der Waals surface area contributed by atoms with Gasteiger partial charge in [0.2, 0.25) is 0 Å². The quantitative estimate of drug-likeness (QED) is 0.797. The van der Waals surface area contributed by atoms with E-state index in [1.807, 2.05) is 23.9 Å². The second kappa shape index (κ2) is 4.86. The molecule has 1 aromatic carbocycles. The number of hydrogen-bond donors (Lipinski definition) is 1. The van der Waals surface area contributed by atoms with Crippen LogP contribution < -0.4 is 10.6 Å². The molecule has 0 saturated carbocycles. The number of thioether (sulfide) groups is 1. The van der Waals surface area contributed by atoms with Gasteiger partial charge in [-0.25, -0.2) is 0 Å². The smallest absolute Gasteiger partial charge is 0.103 e. The lowest BCUT2D eigenvalue weighted by atomic mass is 10.2. The van der Waals surface area contributed by atoms with Crippen LogP contribution in [-0.4, -0.2) is 29.6 Å². The maximum absolute atomic E-state index is 5.56. The molecule has 2 rings (SSSR count). The molecular formula is C11H14N2S2. The molecule has 1 aliphatic rings. The van der Waals surface area contributed by atoms with Crippen molar-refractivity contribution in [2.45, 2.75) is 0 Å². The van der Waals surface area contributed by atoms with Crippen molar-refractivity contribution < 1.29 is 0 Å². The molecule has 1 saturated heterocycles. The van der Waals surface area contributed by atoms with Crippen LogP contribution in [0.2, 0.25) is 0 Å². The summed E-state index contributed by atoms with van der Waals surface area (Å²) < 4.78 is 0. The first-order valence-electron chi connectivity index (χ1n) is 5.00. The Bertz CT molecular complexity index is 342. The number of benzene rings is 1. The second-order valence-corrected chi connectivity index (χ2v) is 5.18. The van der Waals surface area contributed by atoms with Gasteiger partial charge >= 0.3 is 0 Å². The number of nitrogens with zero attached hydrogens (tertiary/aromatic N) is 1. The predicted octanol–water partition coefficient (Wildman–Crippen LogP) is 1.87. The Morgan fingerprint density at radius 1 is 1.20 bits per heavy atom. The zero-order chi connectivity index (χ0) is 10.7. The molecule has 1 aliphatic heterocycles. The molecular weight excluding hydrogens is 224 g/mol. The van der Waals surface area contributed by atoms with Crippen LogP contribution in [-0.2, 0) is 0 Å². The largest absolute Gasteiger partial charge is 0.389 e. The molecule has 0 bridgehead atoms. The maximum atomic E-state index is 5.56. The monoisotopic (exact) mass is 238 g/mol. The molecule has 1 heterocycles. The van der Waals surface area contributed by atoms with Crippen molar-refractivity contribution in [3.05, 3.63) is 29.8 Å². The van der Waals surface area contributed by atoms with Crippen molar-refractivity contribution in [2.24, 2.45) is 5.73 Å². The summed E-state index contributed by atoms with van der Waals surface area (Å²) in [5, 5.41) is 0. The molecule has 1 fully saturated rings. The molecule has 0 atom stereocenters. The van der Waals surface area contributed by atoms with Crippen molar-refractivity contribution in [2.75, 3.05) is 29.5 Å². The lowest BCUT2D eigenvalue weighted by molar-refractivity contribution is 0.859. The third kappa shape index (κ3) is 2.63. The number of anilines is 1. The Kier molecular flexibility index (Phi) is 3.49. The fourth-order valence-corrected chi connectivity index (χ4v) is 2.70. The minimum Gasteiger partial charge on any atom is -0.389 e. The standard InChI is InChI=1S/C11H14N2S2/c12-11(14)9-1-3-10(4-2-9)13-5-7-15-8-6-13/h1-4H,5-8H2,(H2,12,14). The maximum Gasteiger partial charge on any atom is 0.103 e. The predicted molar refractivity (Wildman–Crippen MR) is 71.9 cm³/mol. The first-order chi connectivity index (χ1) is 7.27. The van der Waals surface area contributed by atoms with E-state index in [9.17, 15) is 0 Å². The van der Waals surface area contributed by atoms with Crippen molar-refractivity contribution in [1.82, 2.24) is 0 Å². The van der Waals surface area contributed by atoms with Gasteiger partial charge in [-0.05, 0) is 24.3 Å². The molecule has 1 aromatic rings. The third-order valence-corrected chi connectivity index (χ3v) is 3.71. The normalized spacial score (nSPS) is 16.4. The van der Waals surface area contributed by atoms with E-state index in [1.54, 1.807) is 0 Å². The van der Waals surface area contributed by atoms with Gasteiger partial charge in [0.25, 0.3) is 0 Å². The van der Waals surface area contributed by atoms with Gasteiger partial charge in [0, 0.05) is 35.8 Å². The first-order valence-corrected chi connectivity index (χ1v) is 6.56. The van der Waals surface area contributed by atoms with E-state index in [0.29, 0.717) is 4.99 Å². The molecule has 2 nitrogen and oxygen atoms in total. The highest BCUT2D eigenvalue weighted by atomic mass is 32.2. The van der Waals surface area contributed by atoms with Crippen LogP contribution in [0, 0.1) is 0 Å². The Morgan fingerprint density at radius 3 is 2.33 bits per heavy atom. The van der Waals surface area contributed by atoms with Crippen LogP contribution in [0.5, 0.6) is 0 Å². The molecule has 0 radical (unpaired) electrons. The van der Waals surface area contributed by atoms with Crippen molar-refractivity contribution in [3.63, 3.8) is 0 Å². The number of hydrogen-bond acceptors (Lipinski definition) is 3. The summed E-state index contributed by atoms with van der Waals surface area (Å²) in [7, 11) is 0. The molecule has 80 valence electrons. The second-order valence-electron chi connectivity index (χ2n) is 3.51. The summed E-state index contributed by atoms with van der Waals surface area (Å²) in [6, 6.07) is 8.20. The molecule has 4 heteroatoms. The zero-order valence-electron chi connectivity index (χ0n) is 8.48. The average Bonchev–Trinajstić information content (AvgIpc) is 2.30. The van der Waals surface area contributed by atoms with Gasteiger partial charge in [-0.3, -0.25) is 0 Å². The summed E-state index contributed by atoms with van der Waals surface area (Å²) >= 11 is 6.94. The summed E-state index contributed by atoms with van der Waals surface area (Å²) in [6.45, 7) is 2.27. The van der Waals surface area contributed by atoms with E-state index in [4.69, 9.17) is 18.0 Å². The van der Waals surface area contributed by atoms with Crippen LogP contribution in [0.1, 0.15) is 5.56 Å². The van der Waals surface area contributed by atoms with E-state index in [2.05, 4.69) is 17.0 Å². The molecule has 0 amide bonds. The average molecular weight is 238 g/mol. The van der Waals surface area contributed by atoms with Crippen molar-refractivity contribution in [3.8, 4) is 0 Å². The Hall–Kier alpha value is -0.740. The van der Waals surface area contributed by atoms with Gasteiger partial charge < -0.3 is 10.6 Å². The molecule has 0 aliphatic carbocycles. The van der Waals surface area contributed by atoms with Gasteiger partial charge in [0.1, 0.15) is 4.99 Å². The van der Waals surface area contributed by atoms with Crippen LogP contribution >= 0.6 is 24.0 Å². The van der Waals surface area contributed by atoms with Crippen molar-refractivity contribution in [1.29, 1.82) is 0 Å². The zero-order valence-corrected chi connectivity index (χ0v) is 10.1. The van der Waals surface area contributed by atoms with Crippen LogP contribution in [0.15, 0.2) is 24.3 Å². The van der Waals surface area contributed by atoms with E-state index in [0.717, 1.165) is 18.7 Å². The Balaban J connectivity index is 2.11. The fraction of sp³-hybridized carbons (Fsp3) is 0.364. The third-order valence-electron chi connectivity index (χ3n) is 2.53. The van der Waals surface area contributed by atoms with E-state index in [-0.39, 0.29) is 0 Å². The molecule has 0 aromatic heterocycles. The SMILES string of the molecule is NC(=S)c1ccc(N2CCSCC2)cc1. The van der Waals surface area contributed by atoms with Gasteiger partial charge in [-0.15, -0.1) is 0 Å². The van der Waals surface area contributed by atoms with Crippen LogP contribution in [0.25, 0.3) is 0 Å². The van der Waals surface area contributed by atoms with E-state index >= 15 is 0 Å². The summed E-state index contributed by atoms with van der Waals surface area (Å²) in [6.07, 6.45) is 0. The summed E-state index contributed by atoms with van der Waals surface area (Å²) in [5.41, 5.74) is 7.77. The first kappa shape index (κ1) is 10.8. The minimum absolute atomic E-state index is 0.468. The van der Waals surface area contributed by atoms with Gasteiger partial charge in [0.05, 0.1) is 0 Å². The van der Waals surface area contributed by atoms with Crippen molar-refractivity contribution >= 4 is 34.7 Å². The Morgan fingerprint density at radius 2 is 1.80 bits per heavy atom. The van der Waals surface area contributed by atoms with E-state index in [1.165, 1.54) is 17.2 Å². The van der Waals surface area contributed by atoms with Crippen LogP contribution in [0.3, 0.4) is 0 Å². The van der Waals surface area contributed by atoms with Crippen LogP contribution in [0.4, 0.5) is 5.69 Å². The van der Waals surface area contributed by atoms with Gasteiger partial charge in [0.15, 0.2) is 0 Å². The highest BCUT2D eigenvalue weighted by Crippen LogP contribution is 2.19. The molecule has 0 spiro atoms.